The van der Waals surface area contributed by atoms with E-state index in [1.54, 1.807) is 0 Å². The lowest BCUT2D eigenvalue weighted by Gasteiger charge is -2.57. The van der Waals surface area contributed by atoms with E-state index in [-0.39, 0.29) is 0 Å². The summed E-state index contributed by atoms with van der Waals surface area (Å²) >= 11 is 1.92. The standard InChI is InChI=1S/C18H29N3S/c1-4-12(2)19-17-21(3)20-16(11-22-17)18-8-13-5-14(9-18)7-15(6-13)10-18/h12-15H,4-11H2,1-3H3/t12-,13?,14?,15?,18?/m1/s1. The van der Waals surface area contributed by atoms with Gasteiger partial charge in [0.25, 0.3) is 0 Å². The largest absolute Gasteiger partial charge is 0.258 e. The van der Waals surface area contributed by atoms with Crippen LogP contribution in [-0.2, 0) is 0 Å². The summed E-state index contributed by atoms with van der Waals surface area (Å²) in [5.74, 6) is 4.07. The average molecular weight is 320 g/mol. The van der Waals surface area contributed by atoms with E-state index in [0.29, 0.717) is 11.5 Å². The summed E-state index contributed by atoms with van der Waals surface area (Å²) in [7, 11) is 2.09. The monoisotopic (exact) mass is 319 g/mol. The molecule has 3 nitrogen and oxygen atoms in total. The second-order valence-electron chi connectivity index (χ2n) is 8.23. The minimum Gasteiger partial charge on any atom is -0.258 e. The van der Waals surface area contributed by atoms with E-state index < -0.39 is 0 Å². The maximum Gasteiger partial charge on any atom is 0.180 e. The third-order valence-electron chi connectivity index (χ3n) is 6.46. The van der Waals surface area contributed by atoms with Gasteiger partial charge in [-0.15, -0.1) is 0 Å². The Morgan fingerprint density at radius 2 is 1.82 bits per heavy atom. The van der Waals surface area contributed by atoms with Crippen LogP contribution in [0.3, 0.4) is 0 Å². The van der Waals surface area contributed by atoms with E-state index in [9.17, 15) is 0 Å². The zero-order valence-electron chi connectivity index (χ0n) is 14.2. The van der Waals surface area contributed by atoms with Crippen molar-refractivity contribution >= 4 is 22.6 Å². The van der Waals surface area contributed by atoms with Gasteiger partial charge in [0, 0.05) is 24.3 Å². The average Bonchev–Trinajstić information content (AvgIpc) is 2.47. The van der Waals surface area contributed by atoms with Crippen LogP contribution in [0.25, 0.3) is 0 Å². The van der Waals surface area contributed by atoms with Gasteiger partial charge in [0.1, 0.15) is 0 Å². The number of hydrogen-bond acceptors (Lipinski definition) is 3. The molecule has 1 heterocycles. The SMILES string of the molecule is CC[C@@H](C)N=C1SCC(C23CC4CC(CC(C4)C2)C3)=NN1C. The third kappa shape index (κ3) is 2.51. The Morgan fingerprint density at radius 1 is 1.23 bits per heavy atom. The normalized spacial score (nSPS) is 43.6. The molecule has 1 aliphatic heterocycles. The smallest absolute Gasteiger partial charge is 0.180 e. The van der Waals surface area contributed by atoms with Crippen molar-refractivity contribution in [3.8, 4) is 0 Å². The van der Waals surface area contributed by atoms with Crippen molar-refractivity contribution in [1.29, 1.82) is 0 Å². The topological polar surface area (TPSA) is 28.0 Å². The van der Waals surface area contributed by atoms with Crippen molar-refractivity contribution in [3.05, 3.63) is 0 Å². The lowest BCUT2D eigenvalue weighted by atomic mass is 9.48. The molecule has 0 aromatic rings. The molecule has 0 aromatic carbocycles. The number of rotatable bonds is 3. The van der Waals surface area contributed by atoms with E-state index >= 15 is 0 Å². The maximum atomic E-state index is 5.04. The molecule has 4 saturated carbocycles. The zero-order chi connectivity index (χ0) is 15.3. The first-order chi connectivity index (χ1) is 10.6. The lowest BCUT2D eigenvalue weighted by molar-refractivity contribution is -0.0130. The second kappa shape index (κ2) is 5.54. The first-order valence-corrected chi connectivity index (χ1v) is 10.1. The fourth-order valence-corrected chi connectivity index (χ4v) is 6.71. The summed E-state index contributed by atoms with van der Waals surface area (Å²) < 4.78 is 0. The molecule has 5 aliphatic rings. The second-order valence-corrected chi connectivity index (χ2v) is 9.17. The molecule has 4 heteroatoms. The van der Waals surface area contributed by atoms with E-state index in [1.165, 1.54) is 44.2 Å². The number of hydrazone groups is 1. The van der Waals surface area contributed by atoms with Gasteiger partial charge in [-0.05, 0) is 69.6 Å². The number of amidine groups is 1. The summed E-state index contributed by atoms with van der Waals surface area (Å²) in [5, 5.41) is 8.22. The Balaban J connectivity index is 1.57. The first kappa shape index (κ1) is 15.0. The van der Waals surface area contributed by atoms with E-state index in [2.05, 4.69) is 25.9 Å². The van der Waals surface area contributed by atoms with Crippen molar-refractivity contribution in [2.24, 2.45) is 33.3 Å². The summed E-state index contributed by atoms with van der Waals surface area (Å²) in [6, 6.07) is 0.404. The maximum absolute atomic E-state index is 5.04. The quantitative estimate of drug-likeness (QED) is 0.771. The molecule has 0 radical (unpaired) electrons. The van der Waals surface area contributed by atoms with Crippen LogP contribution in [0.1, 0.15) is 58.8 Å². The highest BCUT2D eigenvalue weighted by Crippen LogP contribution is 2.61. The van der Waals surface area contributed by atoms with Gasteiger partial charge in [-0.1, -0.05) is 18.7 Å². The Hall–Kier alpha value is -0.510. The summed E-state index contributed by atoms with van der Waals surface area (Å²) in [4.78, 5) is 4.81. The van der Waals surface area contributed by atoms with Gasteiger partial charge in [-0.25, -0.2) is 5.01 Å². The lowest BCUT2D eigenvalue weighted by Crippen LogP contribution is -2.52. The van der Waals surface area contributed by atoms with Gasteiger partial charge in [0.15, 0.2) is 5.17 Å². The molecule has 0 unspecified atom stereocenters. The van der Waals surface area contributed by atoms with Crippen LogP contribution < -0.4 is 0 Å². The van der Waals surface area contributed by atoms with Gasteiger partial charge >= 0.3 is 0 Å². The van der Waals surface area contributed by atoms with Crippen LogP contribution in [0, 0.1) is 23.2 Å². The van der Waals surface area contributed by atoms with E-state index in [0.717, 1.165) is 35.1 Å². The van der Waals surface area contributed by atoms with E-state index in [1.807, 2.05) is 11.8 Å². The first-order valence-electron chi connectivity index (χ1n) is 9.10. The summed E-state index contributed by atoms with van der Waals surface area (Å²) in [6.07, 6.45) is 9.89. The molecule has 122 valence electrons. The van der Waals surface area contributed by atoms with Crippen molar-refractivity contribution in [2.75, 3.05) is 12.8 Å². The van der Waals surface area contributed by atoms with Gasteiger partial charge in [-0.3, -0.25) is 4.99 Å². The highest BCUT2D eigenvalue weighted by molar-refractivity contribution is 8.14. The molecule has 22 heavy (non-hydrogen) atoms. The molecule has 4 bridgehead atoms. The molecule has 0 N–H and O–H groups in total. The van der Waals surface area contributed by atoms with Gasteiger partial charge in [0.2, 0.25) is 0 Å². The Bertz CT molecular complexity index is 475. The number of aliphatic imine (C=N–C) groups is 1. The fraction of sp³-hybridized carbons (Fsp3) is 0.889. The van der Waals surface area contributed by atoms with Crippen molar-refractivity contribution in [1.82, 2.24) is 5.01 Å². The summed E-state index contributed by atoms with van der Waals surface area (Å²) in [6.45, 7) is 4.39. The number of nitrogens with zero attached hydrogens (tertiary/aromatic N) is 3. The Morgan fingerprint density at radius 3 is 2.32 bits per heavy atom. The Kier molecular flexibility index (Phi) is 3.79. The van der Waals surface area contributed by atoms with Crippen LogP contribution in [0.4, 0.5) is 0 Å². The molecule has 0 spiro atoms. The number of hydrogen-bond donors (Lipinski definition) is 0. The molecular formula is C18H29N3S. The van der Waals surface area contributed by atoms with Crippen LogP contribution in [0.2, 0.25) is 0 Å². The van der Waals surface area contributed by atoms with Crippen molar-refractivity contribution in [3.63, 3.8) is 0 Å². The minimum absolute atomic E-state index is 0.404. The minimum atomic E-state index is 0.404. The molecule has 4 fully saturated rings. The van der Waals surface area contributed by atoms with Gasteiger partial charge < -0.3 is 0 Å². The van der Waals surface area contributed by atoms with Crippen LogP contribution in [-0.4, -0.2) is 34.7 Å². The van der Waals surface area contributed by atoms with Crippen LogP contribution in [0.5, 0.6) is 0 Å². The van der Waals surface area contributed by atoms with Crippen LogP contribution in [0.15, 0.2) is 10.1 Å². The molecular weight excluding hydrogens is 290 g/mol. The molecule has 4 aliphatic carbocycles. The Labute approximate surface area is 139 Å². The molecule has 0 aromatic heterocycles. The fourth-order valence-electron chi connectivity index (χ4n) is 5.60. The highest BCUT2D eigenvalue weighted by atomic mass is 32.2. The third-order valence-corrected chi connectivity index (χ3v) is 7.50. The van der Waals surface area contributed by atoms with Gasteiger partial charge in [-0.2, -0.15) is 5.10 Å². The highest BCUT2D eigenvalue weighted by Gasteiger charge is 2.53. The number of thioether (sulfide) groups is 1. The van der Waals surface area contributed by atoms with Crippen molar-refractivity contribution < 1.29 is 0 Å². The molecule has 1 atom stereocenters. The van der Waals surface area contributed by atoms with E-state index in [4.69, 9.17) is 10.1 Å². The molecule has 5 rings (SSSR count). The predicted molar refractivity (Wildman–Crippen MR) is 95.4 cm³/mol. The molecule has 0 saturated heterocycles. The zero-order valence-corrected chi connectivity index (χ0v) is 15.0. The predicted octanol–water partition coefficient (Wildman–Crippen LogP) is 4.39. The van der Waals surface area contributed by atoms with Gasteiger partial charge in [0.05, 0.1) is 5.71 Å². The van der Waals surface area contributed by atoms with Crippen molar-refractivity contribution in [2.45, 2.75) is 64.8 Å². The molecule has 0 amide bonds. The summed E-state index contributed by atoms with van der Waals surface area (Å²) in [5.41, 5.74) is 1.94. The van der Waals surface area contributed by atoms with Crippen LogP contribution >= 0.6 is 11.8 Å².